The minimum Gasteiger partial charge on any atom is -0.494 e. The molecule has 0 spiro atoms. The Morgan fingerprint density at radius 1 is 1.29 bits per heavy atom. The fourth-order valence-electron chi connectivity index (χ4n) is 1.23. The Balaban J connectivity index is 2.54. The van der Waals surface area contributed by atoms with Gasteiger partial charge in [0.2, 0.25) is 0 Å². The predicted octanol–water partition coefficient (Wildman–Crippen LogP) is 1.68. The van der Waals surface area contributed by atoms with E-state index in [4.69, 9.17) is 14.2 Å². The molecule has 0 unspecified atom stereocenters. The van der Waals surface area contributed by atoms with Crippen LogP contribution in [0.4, 0.5) is 4.39 Å². The van der Waals surface area contributed by atoms with Crippen molar-refractivity contribution in [3.63, 3.8) is 0 Å². The van der Waals surface area contributed by atoms with Crippen LogP contribution in [0.3, 0.4) is 0 Å². The van der Waals surface area contributed by atoms with Crippen LogP contribution in [0.2, 0.25) is 0 Å². The number of carbonyl (C=O) groups excluding carboxylic acids is 1. The van der Waals surface area contributed by atoms with Crippen LogP contribution < -0.4 is 4.74 Å². The second kappa shape index (κ2) is 6.98. The third kappa shape index (κ3) is 4.13. The van der Waals surface area contributed by atoms with E-state index in [0.717, 1.165) is 6.07 Å². The first-order chi connectivity index (χ1) is 8.19. The van der Waals surface area contributed by atoms with E-state index >= 15 is 0 Å². The highest BCUT2D eigenvalue weighted by Gasteiger charge is 2.10. The van der Waals surface area contributed by atoms with Gasteiger partial charge in [0.1, 0.15) is 6.61 Å². The maximum absolute atomic E-state index is 13.3. The number of methoxy groups -OCH3 is 2. The summed E-state index contributed by atoms with van der Waals surface area (Å²) in [5, 5.41) is 0. The molecule has 0 bridgehead atoms. The molecule has 0 aliphatic carbocycles. The lowest BCUT2D eigenvalue weighted by Gasteiger charge is -2.05. The Bertz CT molecular complexity index is 379. The molecular weight excluding hydrogens is 227 g/mol. The van der Waals surface area contributed by atoms with Gasteiger partial charge in [0.05, 0.1) is 20.3 Å². The number of ketones is 1. The summed E-state index contributed by atoms with van der Waals surface area (Å²) >= 11 is 0. The van der Waals surface area contributed by atoms with Gasteiger partial charge in [0.15, 0.2) is 17.3 Å². The normalized spacial score (nSPS) is 10.3. The first kappa shape index (κ1) is 13.6. The first-order valence-electron chi connectivity index (χ1n) is 5.12. The summed E-state index contributed by atoms with van der Waals surface area (Å²) in [6, 6.07) is 4.06. The molecule has 0 atom stereocenters. The maximum Gasteiger partial charge on any atom is 0.188 e. The molecule has 0 aromatic heterocycles. The van der Waals surface area contributed by atoms with Gasteiger partial charge in [-0.2, -0.15) is 0 Å². The fraction of sp³-hybridized carbons (Fsp3) is 0.417. The summed E-state index contributed by atoms with van der Waals surface area (Å²) in [5.41, 5.74) is 0.265. The molecule has 1 aromatic rings. The Hall–Kier alpha value is -1.46. The number of hydrogen-bond acceptors (Lipinski definition) is 4. The van der Waals surface area contributed by atoms with Gasteiger partial charge >= 0.3 is 0 Å². The lowest BCUT2D eigenvalue weighted by atomic mass is 10.1. The third-order valence-electron chi connectivity index (χ3n) is 2.14. The second-order valence-corrected chi connectivity index (χ2v) is 3.32. The number of benzene rings is 1. The van der Waals surface area contributed by atoms with E-state index in [1.165, 1.54) is 19.2 Å². The van der Waals surface area contributed by atoms with Gasteiger partial charge in [-0.25, -0.2) is 4.39 Å². The Morgan fingerprint density at radius 3 is 2.65 bits per heavy atom. The third-order valence-corrected chi connectivity index (χ3v) is 2.14. The topological polar surface area (TPSA) is 44.8 Å². The molecule has 0 heterocycles. The Kier molecular flexibility index (Phi) is 5.59. The first-order valence-corrected chi connectivity index (χ1v) is 5.12. The van der Waals surface area contributed by atoms with E-state index in [1.54, 1.807) is 7.11 Å². The zero-order valence-corrected chi connectivity index (χ0v) is 9.86. The highest BCUT2D eigenvalue weighted by Crippen LogP contribution is 2.17. The summed E-state index contributed by atoms with van der Waals surface area (Å²) < 4.78 is 27.9. The summed E-state index contributed by atoms with van der Waals surface area (Å²) in [6.45, 7) is 0.667. The van der Waals surface area contributed by atoms with Crippen LogP contribution in [0.5, 0.6) is 5.75 Å². The van der Waals surface area contributed by atoms with Gasteiger partial charge in [-0.15, -0.1) is 0 Å². The molecule has 0 N–H and O–H groups in total. The van der Waals surface area contributed by atoms with Crippen molar-refractivity contribution >= 4 is 5.78 Å². The molecule has 0 amide bonds. The molecule has 0 saturated heterocycles. The summed E-state index contributed by atoms with van der Waals surface area (Å²) in [6.07, 6.45) is 0. The van der Waals surface area contributed by atoms with Crippen molar-refractivity contribution in [2.24, 2.45) is 0 Å². The average Bonchev–Trinajstić information content (AvgIpc) is 2.34. The highest BCUT2D eigenvalue weighted by molar-refractivity contribution is 5.97. The maximum atomic E-state index is 13.3. The SMILES string of the molecule is COCCOCC(=O)c1ccc(OC)c(F)c1. The molecule has 0 aliphatic heterocycles. The zero-order chi connectivity index (χ0) is 12.7. The quantitative estimate of drug-likeness (QED) is 0.539. The molecule has 1 aromatic carbocycles. The average molecular weight is 242 g/mol. The largest absolute Gasteiger partial charge is 0.494 e. The van der Waals surface area contributed by atoms with Crippen LogP contribution in [0, 0.1) is 5.82 Å². The number of ether oxygens (including phenoxy) is 3. The van der Waals surface area contributed by atoms with Gasteiger partial charge in [0, 0.05) is 12.7 Å². The number of hydrogen-bond donors (Lipinski definition) is 0. The van der Waals surface area contributed by atoms with Gasteiger partial charge in [-0.1, -0.05) is 0 Å². The molecule has 0 saturated carbocycles. The zero-order valence-electron chi connectivity index (χ0n) is 9.86. The van der Waals surface area contributed by atoms with Crippen LogP contribution in [-0.2, 0) is 9.47 Å². The summed E-state index contributed by atoms with van der Waals surface area (Å²) in [4.78, 5) is 11.6. The van der Waals surface area contributed by atoms with Gasteiger partial charge in [0.25, 0.3) is 0 Å². The minimum atomic E-state index is -0.560. The van der Waals surface area contributed by atoms with Crippen LogP contribution >= 0.6 is 0 Å². The van der Waals surface area contributed by atoms with Crippen LogP contribution in [0.1, 0.15) is 10.4 Å². The lowest BCUT2D eigenvalue weighted by Crippen LogP contribution is -2.12. The molecule has 5 heteroatoms. The monoisotopic (exact) mass is 242 g/mol. The number of Topliss-reactive ketones (excluding diaryl/α,β-unsaturated/α-hetero) is 1. The number of halogens is 1. The van der Waals surface area contributed by atoms with Crippen molar-refractivity contribution in [3.05, 3.63) is 29.6 Å². The van der Waals surface area contributed by atoms with E-state index < -0.39 is 5.82 Å². The highest BCUT2D eigenvalue weighted by atomic mass is 19.1. The smallest absolute Gasteiger partial charge is 0.188 e. The number of rotatable bonds is 7. The van der Waals surface area contributed by atoms with Crippen molar-refractivity contribution in [3.8, 4) is 5.75 Å². The Morgan fingerprint density at radius 2 is 2.06 bits per heavy atom. The Labute approximate surface area is 99.3 Å². The molecule has 0 fully saturated rings. The van der Waals surface area contributed by atoms with Gasteiger partial charge in [-0.05, 0) is 18.2 Å². The molecule has 17 heavy (non-hydrogen) atoms. The van der Waals surface area contributed by atoms with Crippen molar-refractivity contribution in [2.45, 2.75) is 0 Å². The summed E-state index contributed by atoms with van der Waals surface area (Å²) in [7, 11) is 2.91. The summed E-state index contributed by atoms with van der Waals surface area (Å²) in [5.74, 6) is -0.722. The fourth-order valence-corrected chi connectivity index (χ4v) is 1.23. The molecule has 1 rings (SSSR count). The van der Waals surface area contributed by atoms with Gasteiger partial charge in [-0.3, -0.25) is 4.79 Å². The molecular formula is C12H15FO4. The van der Waals surface area contributed by atoms with Crippen LogP contribution in [0.15, 0.2) is 18.2 Å². The van der Waals surface area contributed by atoms with Crippen LogP contribution in [0.25, 0.3) is 0 Å². The molecule has 94 valence electrons. The van der Waals surface area contributed by atoms with E-state index in [1.807, 2.05) is 0 Å². The molecule has 0 radical (unpaired) electrons. The standard InChI is InChI=1S/C12H15FO4/c1-15-5-6-17-8-11(14)9-3-4-12(16-2)10(13)7-9/h3-4,7H,5-6,8H2,1-2H3. The molecule has 0 aliphatic rings. The van der Waals surface area contributed by atoms with E-state index in [2.05, 4.69) is 0 Å². The van der Waals surface area contributed by atoms with E-state index in [-0.39, 0.29) is 23.7 Å². The van der Waals surface area contributed by atoms with E-state index in [0.29, 0.717) is 13.2 Å². The minimum absolute atomic E-state index is 0.0882. The molecule has 4 nitrogen and oxygen atoms in total. The second-order valence-electron chi connectivity index (χ2n) is 3.32. The number of carbonyl (C=O) groups is 1. The van der Waals surface area contributed by atoms with Crippen molar-refractivity contribution in [1.82, 2.24) is 0 Å². The van der Waals surface area contributed by atoms with Crippen LogP contribution in [-0.4, -0.2) is 39.8 Å². The van der Waals surface area contributed by atoms with Crippen molar-refractivity contribution in [2.75, 3.05) is 34.0 Å². The van der Waals surface area contributed by atoms with Crippen molar-refractivity contribution < 1.29 is 23.4 Å². The lowest BCUT2D eigenvalue weighted by molar-refractivity contribution is 0.0576. The van der Waals surface area contributed by atoms with Gasteiger partial charge < -0.3 is 14.2 Å². The van der Waals surface area contributed by atoms with Crippen molar-refractivity contribution in [1.29, 1.82) is 0 Å². The predicted molar refractivity (Wildman–Crippen MR) is 60.0 cm³/mol. The van der Waals surface area contributed by atoms with E-state index in [9.17, 15) is 9.18 Å².